The average molecular weight is 516 g/mol. The van der Waals surface area contributed by atoms with Crippen molar-refractivity contribution in [3.05, 3.63) is 23.5 Å². The van der Waals surface area contributed by atoms with Gasteiger partial charge < -0.3 is 26.8 Å². The summed E-state index contributed by atoms with van der Waals surface area (Å²) in [5.74, 6) is 1.11. The van der Waals surface area contributed by atoms with E-state index in [1.54, 1.807) is 18.5 Å². The van der Waals surface area contributed by atoms with Gasteiger partial charge in [-0.2, -0.15) is 8.42 Å². The highest BCUT2D eigenvalue weighted by Gasteiger charge is 2.56. The lowest BCUT2D eigenvalue weighted by Crippen LogP contribution is -2.54. The highest BCUT2D eigenvalue weighted by Crippen LogP contribution is 2.47. The van der Waals surface area contributed by atoms with Crippen LogP contribution in [-0.4, -0.2) is 61.2 Å². The van der Waals surface area contributed by atoms with Crippen LogP contribution in [0.25, 0.3) is 0 Å². The number of hydrogen-bond acceptors (Lipinski definition) is 12. The SMILES string of the molecule is C[C@@H]1OC(OS(C)(=O)=O)C2(CCN(c3cnc(Sc4ccnc(N)c4Cl)c(N)n3)CC2)[C@@H]1N. The summed E-state index contributed by atoms with van der Waals surface area (Å²) in [5.41, 5.74) is 17.8. The molecule has 0 aliphatic carbocycles. The molecule has 2 fully saturated rings. The molecule has 1 unspecified atom stereocenters. The predicted octanol–water partition coefficient (Wildman–Crippen LogP) is 1.48. The molecular weight excluding hydrogens is 490 g/mol. The Labute approximate surface area is 201 Å². The van der Waals surface area contributed by atoms with Crippen molar-refractivity contribution in [3.63, 3.8) is 0 Å². The van der Waals surface area contributed by atoms with Crippen LogP contribution in [0, 0.1) is 5.41 Å². The molecule has 2 aromatic rings. The molecule has 3 atom stereocenters. The molecule has 2 aliphatic heterocycles. The fourth-order valence-electron chi connectivity index (χ4n) is 4.28. The molecule has 2 saturated heterocycles. The molecule has 33 heavy (non-hydrogen) atoms. The molecule has 14 heteroatoms. The number of nitrogens with two attached hydrogens (primary N) is 3. The molecule has 6 N–H and O–H groups in total. The van der Waals surface area contributed by atoms with Crippen LogP contribution in [0.1, 0.15) is 19.8 Å². The van der Waals surface area contributed by atoms with E-state index in [1.165, 1.54) is 11.8 Å². The third-order valence-corrected chi connectivity index (χ3v) is 8.20. The van der Waals surface area contributed by atoms with E-state index in [1.807, 2.05) is 11.8 Å². The molecule has 0 amide bonds. The highest BCUT2D eigenvalue weighted by atomic mass is 35.5. The van der Waals surface area contributed by atoms with E-state index >= 15 is 0 Å². The second-order valence-corrected chi connectivity index (χ2v) is 11.3. The van der Waals surface area contributed by atoms with Gasteiger partial charge in [0.25, 0.3) is 10.1 Å². The highest BCUT2D eigenvalue weighted by molar-refractivity contribution is 7.99. The second-order valence-electron chi connectivity index (χ2n) is 8.25. The number of hydrogen-bond donors (Lipinski definition) is 3. The zero-order valence-electron chi connectivity index (χ0n) is 18.1. The van der Waals surface area contributed by atoms with Gasteiger partial charge in [-0.05, 0) is 25.8 Å². The van der Waals surface area contributed by atoms with Crippen molar-refractivity contribution < 1.29 is 17.3 Å². The fourth-order valence-corrected chi connectivity index (χ4v) is 5.85. The van der Waals surface area contributed by atoms with Crippen molar-refractivity contribution in [2.24, 2.45) is 11.1 Å². The summed E-state index contributed by atoms with van der Waals surface area (Å²) in [6.07, 6.45) is 4.14. The second kappa shape index (κ2) is 9.04. The topological polar surface area (TPSA) is 173 Å². The third kappa shape index (κ3) is 4.84. The van der Waals surface area contributed by atoms with E-state index in [-0.39, 0.29) is 23.8 Å². The summed E-state index contributed by atoms with van der Waals surface area (Å²) in [6, 6.07) is 1.38. The van der Waals surface area contributed by atoms with E-state index < -0.39 is 21.8 Å². The molecule has 1 spiro atoms. The summed E-state index contributed by atoms with van der Waals surface area (Å²) in [4.78, 5) is 15.6. The summed E-state index contributed by atoms with van der Waals surface area (Å²) < 4.78 is 34.5. The van der Waals surface area contributed by atoms with Gasteiger partial charge in [0.05, 0.1) is 23.6 Å². The molecular formula is C19H26ClN7O4S2. The molecule has 2 aromatic heterocycles. The first kappa shape index (κ1) is 24.2. The Balaban J connectivity index is 1.48. The van der Waals surface area contributed by atoms with Crippen molar-refractivity contribution in [3.8, 4) is 0 Å². The Bertz CT molecular complexity index is 1140. The van der Waals surface area contributed by atoms with Crippen LogP contribution in [-0.2, 0) is 19.0 Å². The number of nitrogens with zero attached hydrogens (tertiary/aromatic N) is 4. The number of piperidine rings is 1. The predicted molar refractivity (Wildman–Crippen MR) is 126 cm³/mol. The number of aromatic nitrogens is 3. The molecule has 11 nitrogen and oxygen atoms in total. The lowest BCUT2D eigenvalue weighted by atomic mass is 9.72. The number of halogens is 1. The van der Waals surface area contributed by atoms with E-state index in [9.17, 15) is 8.42 Å². The van der Waals surface area contributed by atoms with Crippen LogP contribution < -0.4 is 22.1 Å². The van der Waals surface area contributed by atoms with Crippen LogP contribution in [0.15, 0.2) is 28.4 Å². The van der Waals surface area contributed by atoms with Gasteiger partial charge in [0.15, 0.2) is 12.1 Å². The van der Waals surface area contributed by atoms with Crippen molar-refractivity contribution >= 4 is 50.9 Å². The Morgan fingerprint density at radius 3 is 2.61 bits per heavy atom. The first-order valence-corrected chi connectivity index (χ1v) is 13.3. The summed E-state index contributed by atoms with van der Waals surface area (Å²) in [5, 5.41) is 0.839. The zero-order valence-corrected chi connectivity index (χ0v) is 20.5. The van der Waals surface area contributed by atoms with Gasteiger partial charge in [-0.3, -0.25) is 0 Å². The smallest absolute Gasteiger partial charge is 0.266 e. The van der Waals surface area contributed by atoms with E-state index in [2.05, 4.69) is 15.0 Å². The summed E-state index contributed by atoms with van der Waals surface area (Å²) in [6.45, 7) is 2.97. The first-order chi connectivity index (χ1) is 15.5. The standard InChI is InChI=1S/C19H26ClN7O4S2/c1-10-14(21)19(18(30-10)31-33(2,28)29)4-7-27(8-5-19)12-9-25-17(16(23)26-12)32-11-3-6-24-15(22)13(11)20/h3,6,9-10,14,18H,4-5,7-8,21H2,1-2H3,(H2,22,24)(H2,23,26)/t10-,14+,18?/m0/s1. The van der Waals surface area contributed by atoms with Gasteiger partial charge in [0.2, 0.25) is 0 Å². The maximum absolute atomic E-state index is 11.7. The average Bonchev–Trinajstić information content (AvgIpc) is 2.96. The molecule has 4 heterocycles. The lowest BCUT2D eigenvalue weighted by molar-refractivity contribution is -0.116. The molecule has 180 valence electrons. The number of rotatable bonds is 5. The van der Waals surface area contributed by atoms with Crippen molar-refractivity contribution in [1.82, 2.24) is 15.0 Å². The van der Waals surface area contributed by atoms with Crippen LogP contribution in [0.3, 0.4) is 0 Å². The minimum absolute atomic E-state index is 0.230. The van der Waals surface area contributed by atoms with Gasteiger partial charge in [0, 0.05) is 35.6 Å². The number of pyridine rings is 1. The first-order valence-electron chi connectivity index (χ1n) is 10.2. The Hall–Kier alpha value is -1.90. The van der Waals surface area contributed by atoms with Gasteiger partial charge in [-0.1, -0.05) is 23.4 Å². The quantitative estimate of drug-likeness (QED) is 0.490. The fraction of sp³-hybridized carbons (Fsp3) is 0.526. The Morgan fingerprint density at radius 1 is 1.27 bits per heavy atom. The van der Waals surface area contributed by atoms with Crippen LogP contribution in [0.5, 0.6) is 0 Å². The molecule has 0 bridgehead atoms. The lowest BCUT2D eigenvalue weighted by Gasteiger charge is -2.43. The van der Waals surface area contributed by atoms with E-state index in [0.717, 1.165) is 6.26 Å². The maximum Gasteiger partial charge on any atom is 0.266 e. The molecule has 0 aromatic carbocycles. The van der Waals surface area contributed by atoms with Gasteiger partial charge in [0.1, 0.15) is 16.7 Å². The van der Waals surface area contributed by atoms with Gasteiger partial charge in [-0.25, -0.2) is 19.1 Å². The minimum Gasteiger partial charge on any atom is -0.382 e. The van der Waals surface area contributed by atoms with Crippen LogP contribution in [0.2, 0.25) is 5.02 Å². The maximum atomic E-state index is 11.7. The molecule has 0 radical (unpaired) electrons. The van der Waals surface area contributed by atoms with Crippen LogP contribution in [0.4, 0.5) is 17.5 Å². The van der Waals surface area contributed by atoms with Crippen molar-refractivity contribution in [2.75, 3.05) is 35.7 Å². The number of ether oxygens (including phenoxy) is 1. The summed E-state index contributed by atoms with van der Waals surface area (Å²) >= 11 is 7.46. The number of anilines is 3. The van der Waals surface area contributed by atoms with Crippen molar-refractivity contribution in [2.45, 2.75) is 48.1 Å². The van der Waals surface area contributed by atoms with E-state index in [4.69, 9.17) is 37.7 Å². The molecule has 4 rings (SSSR count). The van der Waals surface area contributed by atoms with Gasteiger partial charge >= 0.3 is 0 Å². The van der Waals surface area contributed by atoms with Crippen LogP contribution >= 0.6 is 23.4 Å². The number of nitrogen functional groups attached to an aromatic ring is 2. The zero-order chi connectivity index (χ0) is 24.0. The summed E-state index contributed by atoms with van der Waals surface area (Å²) in [7, 11) is -3.69. The molecule has 0 saturated carbocycles. The minimum atomic E-state index is -3.69. The Kier molecular flexibility index (Phi) is 6.64. The Morgan fingerprint density at radius 2 is 1.97 bits per heavy atom. The van der Waals surface area contributed by atoms with Crippen molar-refractivity contribution in [1.29, 1.82) is 0 Å². The third-order valence-electron chi connectivity index (χ3n) is 6.10. The molecule has 2 aliphatic rings. The monoisotopic (exact) mass is 515 g/mol. The van der Waals surface area contributed by atoms with Gasteiger partial charge in [-0.15, -0.1) is 0 Å². The van der Waals surface area contributed by atoms with E-state index in [0.29, 0.717) is 46.7 Å². The largest absolute Gasteiger partial charge is 0.382 e. The normalized spacial score (nSPS) is 25.0.